The molecule has 0 radical (unpaired) electrons. The minimum Gasteiger partial charge on any atom is -0.475 e. The second-order valence-electron chi connectivity index (χ2n) is 7.03. The molecule has 1 fully saturated rings. The van der Waals surface area contributed by atoms with E-state index in [2.05, 4.69) is 15.1 Å². The molecule has 3 aromatic heterocycles. The van der Waals surface area contributed by atoms with Gasteiger partial charge in [-0.2, -0.15) is 18.3 Å². The number of piperidine rings is 1. The Hall–Kier alpha value is -3.50. The van der Waals surface area contributed by atoms with Crippen molar-refractivity contribution in [2.75, 3.05) is 13.1 Å². The van der Waals surface area contributed by atoms with Crippen LogP contribution in [0.3, 0.4) is 0 Å². The Morgan fingerprint density at radius 3 is 2.42 bits per heavy atom. The van der Waals surface area contributed by atoms with E-state index in [1.807, 2.05) is 39.9 Å². The summed E-state index contributed by atoms with van der Waals surface area (Å²) in [6.45, 7) is 3.18. The van der Waals surface area contributed by atoms with Crippen LogP contribution in [-0.4, -0.2) is 60.7 Å². The fourth-order valence-electron chi connectivity index (χ4n) is 3.26. The third-order valence-corrected chi connectivity index (χ3v) is 4.84. The molecule has 1 aliphatic rings. The molecule has 4 heterocycles. The maximum absolute atomic E-state index is 11.6. The average Bonchev–Trinajstić information content (AvgIpc) is 3.18. The van der Waals surface area contributed by atoms with Gasteiger partial charge in [-0.1, -0.05) is 0 Å². The van der Waals surface area contributed by atoms with E-state index in [0.29, 0.717) is 6.54 Å². The predicted octanol–water partition coefficient (Wildman–Crippen LogP) is 3.15. The van der Waals surface area contributed by atoms with E-state index < -0.39 is 12.1 Å². The Labute approximate surface area is 175 Å². The number of alkyl halides is 3. The Kier molecular flexibility index (Phi) is 6.52. The summed E-state index contributed by atoms with van der Waals surface area (Å²) >= 11 is 0. The Bertz CT molecular complexity index is 1070. The van der Waals surface area contributed by atoms with E-state index in [1.165, 1.54) is 0 Å². The summed E-state index contributed by atoms with van der Waals surface area (Å²) in [5.41, 5.74) is 3.02. The number of fused-ring (bicyclic) bond motifs is 1. The van der Waals surface area contributed by atoms with Crippen molar-refractivity contribution in [2.24, 2.45) is 0 Å². The second kappa shape index (κ2) is 9.11. The van der Waals surface area contributed by atoms with Crippen LogP contribution in [0.25, 0.3) is 16.8 Å². The molecule has 1 amide bonds. The number of halogens is 3. The first-order chi connectivity index (χ1) is 14.6. The first-order valence-electron chi connectivity index (χ1n) is 9.47. The standard InChI is InChI=1S/C18H19N5O.C2HF3O2/c1-13(24)22-10-2-3-16(11-22)18-20-17-5-4-15(12-23(17)21-18)14-6-8-19-9-7-14;3-2(4,5)1(6)7/h4-9,12,16H,2-3,10-11H2,1H3;(H,6,7). The smallest absolute Gasteiger partial charge is 0.475 e. The lowest BCUT2D eigenvalue weighted by Crippen LogP contribution is -2.37. The third-order valence-electron chi connectivity index (χ3n) is 4.84. The number of aliphatic carboxylic acids is 1. The molecule has 0 spiro atoms. The number of carbonyl (C=O) groups is 2. The van der Waals surface area contributed by atoms with Gasteiger partial charge in [-0.3, -0.25) is 9.78 Å². The van der Waals surface area contributed by atoms with Crippen molar-refractivity contribution in [3.8, 4) is 11.1 Å². The van der Waals surface area contributed by atoms with E-state index in [9.17, 15) is 18.0 Å². The van der Waals surface area contributed by atoms with Crippen LogP contribution in [0.4, 0.5) is 13.2 Å². The molecule has 8 nitrogen and oxygen atoms in total. The third kappa shape index (κ3) is 5.56. The molecule has 0 aromatic carbocycles. The molecule has 11 heteroatoms. The zero-order chi connectivity index (χ0) is 22.6. The number of carboxylic acids is 1. The van der Waals surface area contributed by atoms with Crippen molar-refractivity contribution < 1.29 is 27.9 Å². The van der Waals surface area contributed by atoms with Gasteiger partial charge in [-0.05, 0) is 42.7 Å². The molecule has 0 saturated carbocycles. The average molecular weight is 435 g/mol. The zero-order valence-electron chi connectivity index (χ0n) is 16.6. The first-order valence-corrected chi connectivity index (χ1v) is 9.47. The molecular weight excluding hydrogens is 415 g/mol. The highest BCUT2D eigenvalue weighted by Gasteiger charge is 2.38. The lowest BCUT2D eigenvalue weighted by atomic mass is 9.97. The molecule has 1 atom stereocenters. The fourth-order valence-corrected chi connectivity index (χ4v) is 3.26. The number of hydrogen-bond acceptors (Lipinski definition) is 5. The summed E-state index contributed by atoms with van der Waals surface area (Å²) in [6, 6.07) is 7.99. The van der Waals surface area contributed by atoms with E-state index in [0.717, 1.165) is 42.0 Å². The van der Waals surface area contributed by atoms with Crippen LogP contribution in [0, 0.1) is 0 Å². The van der Waals surface area contributed by atoms with Crippen molar-refractivity contribution in [3.05, 3.63) is 48.7 Å². The highest BCUT2D eigenvalue weighted by Crippen LogP contribution is 2.26. The SMILES string of the molecule is CC(=O)N1CCCC(c2nc3ccc(-c4ccncc4)cn3n2)C1.O=C(O)C(F)(F)F. The zero-order valence-corrected chi connectivity index (χ0v) is 16.6. The minimum absolute atomic E-state index is 0.128. The van der Waals surface area contributed by atoms with Crippen LogP contribution in [0.5, 0.6) is 0 Å². The number of pyridine rings is 2. The van der Waals surface area contributed by atoms with E-state index in [-0.39, 0.29) is 11.8 Å². The number of aromatic nitrogens is 4. The molecule has 164 valence electrons. The van der Waals surface area contributed by atoms with Gasteiger partial charge in [-0.25, -0.2) is 14.3 Å². The first kappa shape index (κ1) is 22.2. The molecule has 1 saturated heterocycles. The van der Waals surface area contributed by atoms with Gasteiger partial charge in [0, 0.05) is 50.1 Å². The molecule has 0 bridgehead atoms. The van der Waals surface area contributed by atoms with Gasteiger partial charge >= 0.3 is 12.1 Å². The van der Waals surface area contributed by atoms with Gasteiger partial charge < -0.3 is 10.0 Å². The molecular formula is C20H20F3N5O3. The maximum Gasteiger partial charge on any atom is 0.490 e. The van der Waals surface area contributed by atoms with Crippen molar-refractivity contribution in [1.29, 1.82) is 0 Å². The molecule has 1 aliphatic heterocycles. The van der Waals surface area contributed by atoms with Gasteiger partial charge in [0.25, 0.3) is 0 Å². The van der Waals surface area contributed by atoms with Gasteiger partial charge in [0.15, 0.2) is 11.5 Å². The quantitative estimate of drug-likeness (QED) is 0.664. The van der Waals surface area contributed by atoms with Crippen molar-refractivity contribution in [2.45, 2.75) is 31.9 Å². The van der Waals surface area contributed by atoms with Gasteiger partial charge in [0.2, 0.25) is 5.91 Å². The largest absolute Gasteiger partial charge is 0.490 e. The lowest BCUT2D eigenvalue weighted by Gasteiger charge is -2.30. The lowest BCUT2D eigenvalue weighted by molar-refractivity contribution is -0.192. The monoisotopic (exact) mass is 435 g/mol. The van der Waals surface area contributed by atoms with Crippen LogP contribution >= 0.6 is 0 Å². The summed E-state index contributed by atoms with van der Waals surface area (Å²) in [4.78, 5) is 31.1. The minimum atomic E-state index is -5.08. The number of rotatable bonds is 2. The normalized spacial score (nSPS) is 16.5. The van der Waals surface area contributed by atoms with Crippen LogP contribution in [0.2, 0.25) is 0 Å². The Morgan fingerprint density at radius 2 is 1.81 bits per heavy atom. The van der Waals surface area contributed by atoms with Crippen molar-refractivity contribution in [3.63, 3.8) is 0 Å². The van der Waals surface area contributed by atoms with Crippen LogP contribution in [0.1, 0.15) is 31.5 Å². The predicted molar refractivity (Wildman–Crippen MR) is 104 cm³/mol. The number of likely N-dealkylation sites (tertiary alicyclic amines) is 1. The van der Waals surface area contributed by atoms with Crippen LogP contribution < -0.4 is 0 Å². The summed E-state index contributed by atoms with van der Waals surface area (Å²) in [5, 5.41) is 11.8. The fraction of sp³-hybridized carbons (Fsp3) is 0.350. The molecule has 1 unspecified atom stereocenters. The number of carbonyl (C=O) groups excluding carboxylic acids is 1. The van der Waals surface area contributed by atoms with Crippen molar-refractivity contribution in [1.82, 2.24) is 24.5 Å². The van der Waals surface area contributed by atoms with E-state index >= 15 is 0 Å². The summed E-state index contributed by atoms with van der Waals surface area (Å²) in [6.07, 6.45) is 2.50. The van der Waals surface area contributed by atoms with Gasteiger partial charge in [-0.15, -0.1) is 0 Å². The number of nitrogens with zero attached hydrogens (tertiary/aromatic N) is 5. The van der Waals surface area contributed by atoms with Crippen LogP contribution in [-0.2, 0) is 9.59 Å². The summed E-state index contributed by atoms with van der Waals surface area (Å²) < 4.78 is 33.6. The molecule has 31 heavy (non-hydrogen) atoms. The van der Waals surface area contributed by atoms with Crippen molar-refractivity contribution >= 4 is 17.5 Å². The molecule has 3 aromatic rings. The molecule has 4 rings (SSSR count). The summed E-state index contributed by atoms with van der Waals surface area (Å²) in [7, 11) is 0. The van der Waals surface area contributed by atoms with Gasteiger partial charge in [0.1, 0.15) is 0 Å². The van der Waals surface area contributed by atoms with E-state index in [4.69, 9.17) is 9.90 Å². The number of amides is 1. The van der Waals surface area contributed by atoms with Gasteiger partial charge in [0.05, 0.1) is 0 Å². The molecule has 0 aliphatic carbocycles. The maximum atomic E-state index is 11.6. The highest BCUT2D eigenvalue weighted by molar-refractivity contribution is 5.73. The topological polar surface area (TPSA) is 101 Å². The van der Waals surface area contributed by atoms with E-state index in [1.54, 1.807) is 19.3 Å². The Balaban J connectivity index is 0.000000339. The number of hydrogen-bond donors (Lipinski definition) is 1. The molecule has 1 N–H and O–H groups in total. The second-order valence-corrected chi connectivity index (χ2v) is 7.03. The van der Waals surface area contributed by atoms with Crippen LogP contribution in [0.15, 0.2) is 42.9 Å². The Morgan fingerprint density at radius 1 is 1.13 bits per heavy atom. The number of carboxylic acid groups (broad SMARTS) is 1. The summed E-state index contributed by atoms with van der Waals surface area (Å²) in [5.74, 6) is -1.59. The highest BCUT2D eigenvalue weighted by atomic mass is 19.4.